The number of hydrogen-bond acceptors (Lipinski definition) is 4. The van der Waals surface area contributed by atoms with Crippen LogP contribution in [0.3, 0.4) is 0 Å². The van der Waals surface area contributed by atoms with E-state index in [1.807, 2.05) is 0 Å². The third kappa shape index (κ3) is 2.46. The van der Waals surface area contributed by atoms with Gasteiger partial charge in [-0.05, 0) is 24.6 Å². The fourth-order valence-corrected chi connectivity index (χ4v) is 1.10. The maximum atomic E-state index is 12.9. The number of halogens is 2. The number of phenols is 1. The van der Waals surface area contributed by atoms with Gasteiger partial charge in [0.1, 0.15) is 0 Å². The maximum Gasteiger partial charge on any atom is 0.339 e. The minimum atomic E-state index is -1.77. The lowest BCUT2D eigenvalue weighted by Gasteiger charge is -2.10. The lowest BCUT2D eigenvalue weighted by Crippen LogP contribution is -2.15. The number of benzene rings is 1. The zero-order chi connectivity index (χ0) is 12.3. The van der Waals surface area contributed by atoms with E-state index in [0.717, 1.165) is 0 Å². The number of hydrogen-bond donors (Lipinski definition) is 2. The molecule has 6 heteroatoms. The normalized spacial score (nSPS) is 12.2. The van der Waals surface area contributed by atoms with Crippen LogP contribution in [0.5, 0.6) is 5.75 Å². The molecule has 1 atom stereocenters. The predicted octanol–water partition coefficient (Wildman–Crippen LogP) is 1.27. The van der Waals surface area contributed by atoms with Crippen molar-refractivity contribution >= 4 is 5.97 Å². The van der Waals surface area contributed by atoms with Crippen molar-refractivity contribution in [2.24, 2.45) is 0 Å². The monoisotopic (exact) mass is 232 g/mol. The average molecular weight is 232 g/mol. The van der Waals surface area contributed by atoms with Gasteiger partial charge in [-0.15, -0.1) is 0 Å². The highest BCUT2D eigenvalue weighted by Gasteiger charge is 2.21. The van der Waals surface area contributed by atoms with Crippen molar-refractivity contribution in [3.8, 4) is 5.75 Å². The first-order chi connectivity index (χ1) is 7.47. The first-order valence-electron chi connectivity index (χ1n) is 4.50. The van der Waals surface area contributed by atoms with Crippen LogP contribution in [0.25, 0.3) is 0 Å². The molecule has 0 aliphatic heterocycles. The molecule has 1 aromatic carbocycles. The summed E-state index contributed by atoms with van der Waals surface area (Å²) in [5.41, 5.74) is -0.314. The molecule has 16 heavy (non-hydrogen) atoms. The average Bonchev–Trinajstić information content (AvgIpc) is 2.24. The summed E-state index contributed by atoms with van der Waals surface area (Å²) in [6, 6.07) is 1.33. The van der Waals surface area contributed by atoms with Gasteiger partial charge in [0, 0.05) is 0 Å². The lowest BCUT2D eigenvalue weighted by molar-refractivity contribution is -0.153. The molecule has 0 heterocycles. The van der Waals surface area contributed by atoms with Crippen molar-refractivity contribution in [1.82, 2.24) is 0 Å². The van der Waals surface area contributed by atoms with Gasteiger partial charge < -0.3 is 14.9 Å². The quantitative estimate of drug-likeness (QED) is 0.770. The summed E-state index contributed by atoms with van der Waals surface area (Å²) in [6.45, 7) is 1.57. The highest BCUT2D eigenvalue weighted by Crippen LogP contribution is 2.25. The number of esters is 1. The molecule has 1 aromatic rings. The van der Waals surface area contributed by atoms with Gasteiger partial charge in [-0.25, -0.2) is 13.6 Å². The van der Waals surface area contributed by atoms with Crippen LogP contribution < -0.4 is 0 Å². The lowest BCUT2D eigenvalue weighted by atomic mass is 10.1. The minimum absolute atomic E-state index is 0.0406. The Labute approximate surface area is 90.1 Å². The highest BCUT2D eigenvalue weighted by atomic mass is 19.1. The fraction of sp³-hybridized carbons (Fsp3) is 0.300. The van der Waals surface area contributed by atoms with Crippen molar-refractivity contribution in [3.05, 3.63) is 29.3 Å². The molecule has 0 aliphatic rings. The third-order valence-electron chi connectivity index (χ3n) is 1.86. The minimum Gasteiger partial charge on any atom is -0.503 e. The van der Waals surface area contributed by atoms with E-state index in [-0.39, 0.29) is 12.2 Å². The molecule has 0 saturated carbocycles. The molecule has 0 aromatic heterocycles. The first kappa shape index (κ1) is 12.4. The second kappa shape index (κ2) is 4.89. The summed E-state index contributed by atoms with van der Waals surface area (Å²) in [6.07, 6.45) is -1.77. The van der Waals surface area contributed by atoms with Crippen LogP contribution in [-0.2, 0) is 9.53 Å². The summed E-state index contributed by atoms with van der Waals surface area (Å²) < 4.78 is 30.3. The second-order valence-corrected chi connectivity index (χ2v) is 2.99. The van der Waals surface area contributed by atoms with Gasteiger partial charge in [0.05, 0.1) is 6.61 Å². The zero-order valence-electron chi connectivity index (χ0n) is 8.41. The van der Waals surface area contributed by atoms with E-state index < -0.39 is 29.5 Å². The third-order valence-corrected chi connectivity index (χ3v) is 1.86. The number of ether oxygens (including phenoxy) is 1. The predicted molar refractivity (Wildman–Crippen MR) is 49.6 cm³/mol. The van der Waals surface area contributed by atoms with E-state index in [2.05, 4.69) is 4.74 Å². The Morgan fingerprint density at radius 3 is 2.38 bits per heavy atom. The number of rotatable bonds is 3. The molecule has 88 valence electrons. The van der Waals surface area contributed by atoms with Gasteiger partial charge in [0.15, 0.2) is 23.5 Å². The van der Waals surface area contributed by atoms with E-state index in [0.29, 0.717) is 12.1 Å². The molecule has 1 unspecified atom stereocenters. The highest BCUT2D eigenvalue weighted by molar-refractivity contribution is 5.76. The molecule has 0 radical (unpaired) electrons. The molecule has 0 amide bonds. The van der Waals surface area contributed by atoms with Gasteiger partial charge >= 0.3 is 5.97 Å². The van der Waals surface area contributed by atoms with Crippen molar-refractivity contribution in [2.45, 2.75) is 13.0 Å². The first-order valence-corrected chi connectivity index (χ1v) is 4.50. The summed E-state index contributed by atoms with van der Waals surface area (Å²) in [5, 5.41) is 18.2. The molecule has 4 nitrogen and oxygen atoms in total. The topological polar surface area (TPSA) is 66.8 Å². The van der Waals surface area contributed by atoms with Crippen LogP contribution in [0.4, 0.5) is 8.78 Å². The van der Waals surface area contributed by atoms with Crippen LogP contribution in [0.1, 0.15) is 18.6 Å². The SMILES string of the molecule is CCOC(=O)C(O)c1cc(F)c(O)c(F)c1. The smallest absolute Gasteiger partial charge is 0.339 e. The Morgan fingerprint density at radius 2 is 1.94 bits per heavy atom. The van der Waals surface area contributed by atoms with Gasteiger partial charge in [-0.1, -0.05) is 0 Å². The number of carbonyl (C=O) groups is 1. The number of carbonyl (C=O) groups excluding carboxylic acids is 1. The van der Waals surface area contributed by atoms with E-state index in [1.54, 1.807) is 0 Å². The van der Waals surface area contributed by atoms with Crippen molar-refractivity contribution in [1.29, 1.82) is 0 Å². The van der Waals surface area contributed by atoms with Gasteiger partial charge in [-0.2, -0.15) is 0 Å². The van der Waals surface area contributed by atoms with E-state index >= 15 is 0 Å². The van der Waals surface area contributed by atoms with Crippen LogP contribution >= 0.6 is 0 Å². The van der Waals surface area contributed by atoms with E-state index in [4.69, 9.17) is 5.11 Å². The largest absolute Gasteiger partial charge is 0.503 e. The standard InChI is InChI=1S/C10H10F2O4/c1-2-16-10(15)8(13)5-3-6(11)9(14)7(12)4-5/h3-4,8,13-14H,2H2,1H3. The molecule has 2 N–H and O–H groups in total. The summed E-state index contributed by atoms with van der Waals surface area (Å²) in [7, 11) is 0. The van der Waals surface area contributed by atoms with Crippen LogP contribution in [0.2, 0.25) is 0 Å². The van der Waals surface area contributed by atoms with E-state index in [9.17, 15) is 18.7 Å². The summed E-state index contributed by atoms with van der Waals surface area (Å²) >= 11 is 0. The molecule has 0 saturated heterocycles. The Hall–Kier alpha value is -1.69. The number of aromatic hydroxyl groups is 1. The molecule has 0 spiro atoms. The van der Waals surface area contributed by atoms with Crippen molar-refractivity contribution in [2.75, 3.05) is 6.61 Å². The van der Waals surface area contributed by atoms with Crippen molar-refractivity contribution < 1.29 is 28.5 Å². The molecular formula is C10H10F2O4. The van der Waals surface area contributed by atoms with Gasteiger partial charge in [-0.3, -0.25) is 0 Å². The summed E-state index contributed by atoms with van der Waals surface area (Å²) in [4.78, 5) is 11.1. The maximum absolute atomic E-state index is 12.9. The van der Waals surface area contributed by atoms with Crippen molar-refractivity contribution in [3.63, 3.8) is 0 Å². The molecule has 0 bridgehead atoms. The Kier molecular flexibility index (Phi) is 3.78. The number of phenolic OH excluding ortho intramolecular Hbond substituents is 1. The zero-order valence-corrected chi connectivity index (χ0v) is 8.41. The second-order valence-electron chi connectivity index (χ2n) is 2.99. The van der Waals surface area contributed by atoms with Crippen LogP contribution in [0, 0.1) is 11.6 Å². The Balaban J connectivity index is 3.01. The Bertz CT molecular complexity index is 383. The van der Waals surface area contributed by atoms with Crippen LogP contribution in [0.15, 0.2) is 12.1 Å². The molecule has 0 aliphatic carbocycles. The molecular weight excluding hydrogens is 222 g/mol. The number of aliphatic hydroxyl groups excluding tert-OH is 1. The van der Waals surface area contributed by atoms with E-state index in [1.165, 1.54) is 6.92 Å². The fourth-order valence-electron chi connectivity index (χ4n) is 1.10. The number of aliphatic hydroxyl groups is 1. The summed E-state index contributed by atoms with van der Waals surface area (Å²) in [5.74, 6) is -4.66. The molecule has 1 rings (SSSR count). The van der Waals surface area contributed by atoms with Crippen LogP contribution in [-0.4, -0.2) is 22.8 Å². The van der Waals surface area contributed by atoms with Gasteiger partial charge in [0.2, 0.25) is 0 Å². The Morgan fingerprint density at radius 1 is 1.44 bits per heavy atom. The van der Waals surface area contributed by atoms with Gasteiger partial charge in [0.25, 0.3) is 0 Å². The molecule has 0 fully saturated rings.